The normalized spacial score (nSPS) is 20.2. The topological polar surface area (TPSA) is 28.7 Å². The molecule has 1 heterocycles. The van der Waals surface area contributed by atoms with Gasteiger partial charge >= 0.3 is 6.18 Å². The molecule has 13 heavy (non-hydrogen) atoms. The number of aromatic amines is 1. The zero-order valence-corrected chi connectivity index (χ0v) is 6.73. The van der Waals surface area contributed by atoms with Crippen molar-refractivity contribution in [3.05, 3.63) is 18.0 Å². The van der Waals surface area contributed by atoms with E-state index in [2.05, 4.69) is 16.4 Å². The smallest absolute Gasteiger partial charge is 0.281 e. The number of hydrogen-bond acceptors (Lipinski definition) is 1. The van der Waals surface area contributed by atoms with Gasteiger partial charge in [-0.15, -0.1) is 0 Å². The number of nitrogens with zero attached hydrogens (tertiary/aromatic N) is 1. The molecule has 1 aromatic heterocycles. The Morgan fingerprint density at radius 1 is 1.54 bits per heavy atom. The van der Waals surface area contributed by atoms with Crippen molar-refractivity contribution >= 4 is 0 Å². The summed E-state index contributed by atoms with van der Waals surface area (Å²) in [6.07, 6.45) is -0.494. The molecule has 1 N–H and O–H groups in total. The zero-order valence-electron chi connectivity index (χ0n) is 6.73. The van der Waals surface area contributed by atoms with E-state index in [9.17, 15) is 13.2 Å². The number of hydrogen-bond donors (Lipinski definition) is 1. The monoisotopic (exact) mass is 189 g/mol. The molecule has 0 saturated heterocycles. The van der Waals surface area contributed by atoms with Crippen molar-refractivity contribution in [2.75, 3.05) is 0 Å². The van der Waals surface area contributed by atoms with Gasteiger partial charge in [-0.2, -0.15) is 18.3 Å². The van der Waals surface area contributed by atoms with Crippen LogP contribution in [0.2, 0.25) is 0 Å². The van der Waals surface area contributed by atoms with E-state index in [1.807, 2.05) is 0 Å². The van der Waals surface area contributed by atoms with E-state index in [0.717, 1.165) is 0 Å². The van der Waals surface area contributed by atoms with Gasteiger partial charge in [0.25, 0.3) is 0 Å². The van der Waals surface area contributed by atoms with Crippen molar-refractivity contribution in [2.45, 2.75) is 24.9 Å². The van der Waals surface area contributed by atoms with Crippen LogP contribution in [-0.2, 0) is 0 Å². The van der Waals surface area contributed by atoms with Crippen LogP contribution in [0.25, 0.3) is 0 Å². The van der Waals surface area contributed by atoms with E-state index in [1.54, 1.807) is 0 Å². The minimum atomic E-state index is -4.17. The Labute approximate surface area is 73.1 Å². The molecule has 1 radical (unpaired) electrons. The van der Waals surface area contributed by atoms with Crippen LogP contribution in [0.3, 0.4) is 0 Å². The van der Waals surface area contributed by atoms with E-state index >= 15 is 0 Å². The van der Waals surface area contributed by atoms with Gasteiger partial charge in [-0.05, 0) is 24.8 Å². The third-order valence-corrected chi connectivity index (χ3v) is 2.25. The Bertz CT molecular complexity index is 274. The van der Waals surface area contributed by atoms with Gasteiger partial charge in [0.1, 0.15) is 6.20 Å². The average molecular weight is 189 g/mol. The molecular formula is C8H8F3N2. The van der Waals surface area contributed by atoms with Crippen LogP contribution in [-0.4, -0.2) is 16.4 Å². The molecule has 1 atom stereocenters. The van der Waals surface area contributed by atoms with Gasteiger partial charge in [0.05, 0.1) is 5.92 Å². The first-order chi connectivity index (χ1) is 6.09. The van der Waals surface area contributed by atoms with Gasteiger partial charge in [0, 0.05) is 5.69 Å². The standard InChI is InChI=1S/C8H8F3N2/c9-8(10,11)7(5-1-2-5)6-3-4-12-13-6/h3,5,7H,1-2H2,(H,12,13). The lowest BCUT2D eigenvalue weighted by molar-refractivity contribution is -0.155. The Hall–Kier alpha value is -1.00. The Balaban J connectivity index is 2.24. The third-order valence-electron chi connectivity index (χ3n) is 2.25. The molecule has 1 aromatic rings. The van der Waals surface area contributed by atoms with E-state index in [4.69, 9.17) is 0 Å². The summed E-state index contributed by atoms with van der Waals surface area (Å²) in [5.41, 5.74) is 0.134. The maximum atomic E-state index is 12.5. The van der Waals surface area contributed by atoms with Gasteiger partial charge in [-0.25, -0.2) is 0 Å². The molecule has 0 spiro atoms. The third kappa shape index (κ3) is 1.68. The molecule has 1 aliphatic carbocycles. The lowest BCUT2D eigenvalue weighted by Crippen LogP contribution is -2.22. The van der Waals surface area contributed by atoms with Crippen LogP contribution in [0.5, 0.6) is 0 Å². The lowest BCUT2D eigenvalue weighted by Gasteiger charge is -2.17. The number of nitrogens with one attached hydrogen (secondary N) is 1. The van der Waals surface area contributed by atoms with Crippen molar-refractivity contribution in [3.8, 4) is 0 Å². The fourth-order valence-electron chi connectivity index (χ4n) is 1.52. The van der Waals surface area contributed by atoms with Gasteiger partial charge < -0.3 is 0 Å². The van der Waals surface area contributed by atoms with E-state index < -0.39 is 12.1 Å². The molecular weight excluding hydrogens is 181 g/mol. The Morgan fingerprint density at radius 2 is 2.23 bits per heavy atom. The van der Waals surface area contributed by atoms with Crippen molar-refractivity contribution in [1.29, 1.82) is 0 Å². The minimum Gasteiger partial charge on any atom is -0.281 e. The zero-order chi connectivity index (χ0) is 9.47. The Kier molecular flexibility index (Phi) is 1.82. The summed E-state index contributed by atoms with van der Waals surface area (Å²) < 4.78 is 37.5. The molecule has 1 unspecified atom stereocenters. The molecule has 2 nitrogen and oxygen atoms in total. The predicted molar refractivity (Wildman–Crippen MR) is 38.9 cm³/mol. The van der Waals surface area contributed by atoms with Gasteiger partial charge in [-0.3, -0.25) is 5.10 Å². The van der Waals surface area contributed by atoms with E-state index in [-0.39, 0.29) is 11.6 Å². The second kappa shape index (κ2) is 2.75. The first-order valence-electron chi connectivity index (χ1n) is 4.07. The van der Waals surface area contributed by atoms with Crippen LogP contribution in [0.4, 0.5) is 13.2 Å². The van der Waals surface area contributed by atoms with Crippen LogP contribution in [0.15, 0.2) is 6.07 Å². The van der Waals surface area contributed by atoms with Crippen LogP contribution < -0.4 is 0 Å². The summed E-state index contributed by atoms with van der Waals surface area (Å²) in [7, 11) is 0. The molecule has 2 rings (SSSR count). The molecule has 1 aliphatic rings. The van der Waals surface area contributed by atoms with Crippen molar-refractivity contribution in [3.63, 3.8) is 0 Å². The van der Waals surface area contributed by atoms with E-state index in [0.29, 0.717) is 12.8 Å². The van der Waals surface area contributed by atoms with Gasteiger partial charge in [0.15, 0.2) is 0 Å². The van der Waals surface area contributed by atoms with Crippen LogP contribution >= 0.6 is 0 Å². The molecule has 1 fully saturated rings. The SMILES string of the molecule is FC(F)(F)C(c1c[c]n[nH]1)C1CC1. The molecule has 71 valence electrons. The summed E-state index contributed by atoms with van der Waals surface area (Å²) in [5.74, 6) is -1.62. The first-order valence-corrected chi connectivity index (χ1v) is 4.07. The van der Waals surface area contributed by atoms with Crippen LogP contribution in [0, 0.1) is 12.1 Å². The van der Waals surface area contributed by atoms with Crippen molar-refractivity contribution in [1.82, 2.24) is 10.2 Å². The molecule has 0 aliphatic heterocycles. The second-order valence-corrected chi connectivity index (χ2v) is 3.31. The highest BCUT2D eigenvalue weighted by molar-refractivity contribution is 5.12. The second-order valence-electron chi connectivity index (χ2n) is 3.31. The van der Waals surface area contributed by atoms with Crippen molar-refractivity contribution in [2.24, 2.45) is 5.92 Å². The van der Waals surface area contributed by atoms with Gasteiger partial charge in [0.2, 0.25) is 0 Å². The number of halogens is 3. The summed E-state index contributed by atoms with van der Waals surface area (Å²) in [6, 6.07) is 1.27. The predicted octanol–water partition coefficient (Wildman–Crippen LogP) is 2.27. The average Bonchev–Trinajstić information content (AvgIpc) is 2.63. The fourth-order valence-corrected chi connectivity index (χ4v) is 1.52. The number of H-pyrrole nitrogens is 1. The molecule has 0 bridgehead atoms. The van der Waals surface area contributed by atoms with Gasteiger partial charge in [-0.1, -0.05) is 0 Å². The summed E-state index contributed by atoms with van der Waals surface area (Å²) in [4.78, 5) is 0. The first kappa shape index (κ1) is 8.59. The Morgan fingerprint density at radius 3 is 2.62 bits per heavy atom. The van der Waals surface area contributed by atoms with Crippen LogP contribution in [0.1, 0.15) is 24.5 Å². The maximum absolute atomic E-state index is 12.5. The highest BCUT2D eigenvalue weighted by Crippen LogP contribution is 2.50. The lowest BCUT2D eigenvalue weighted by atomic mass is 9.99. The quantitative estimate of drug-likeness (QED) is 0.759. The van der Waals surface area contributed by atoms with Crippen molar-refractivity contribution < 1.29 is 13.2 Å². The summed E-state index contributed by atoms with van der Waals surface area (Å²) in [5, 5.41) is 5.76. The minimum absolute atomic E-state index is 0.134. The number of aromatic nitrogens is 2. The fraction of sp³-hybridized carbons (Fsp3) is 0.625. The maximum Gasteiger partial charge on any atom is 0.397 e. The largest absolute Gasteiger partial charge is 0.397 e. The summed E-state index contributed by atoms with van der Waals surface area (Å²) >= 11 is 0. The molecule has 0 aromatic carbocycles. The molecule has 1 saturated carbocycles. The highest BCUT2D eigenvalue weighted by Gasteiger charge is 2.50. The summed E-state index contributed by atoms with van der Waals surface area (Å²) in [6.45, 7) is 0. The highest BCUT2D eigenvalue weighted by atomic mass is 19.4. The van der Waals surface area contributed by atoms with E-state index in [1.165, 1.54) is 6.07 Å². The number of alkyl halides is 3. The molecule has 5 heteroatoms. The molecule has 0 amide bonds. The number of rotatable bonds is 2.